The molecule has 25 heavy (non-hydrogen) atoms. The van der Waals surface area contributed by atoms with Crippen LogP contribution in [0, 0.1) is 0 Å². The summed E-state index contributed by atoms with van der Waals surface area (Å²) in [5, 5.41) is 2.68. The molecule has 4 rings (SSSR count). The highest BCUT2D eigenvalue weighted by molar-refractivity contribution is 5.94. The molecule has 0 amide bonds. The molecule has 1 aliphatic rings. The summed E-state index contributed by atoms with van der Waals surface area (Å²) in [5.41, 5.74) is 4.56. The second-order valence-corrected chi connectivity index (χ2v) is 7.58. The zero-order valence-corrected chi connectivity index (χ0v) is 15.8. The maximum absolute atomic E-state index is 2.59. The Morgan fingerprint density at radius 1 is 0.800 bits per heavy atom. The summed E-state index contributed by atoms with van der Waals surface area (Å²) < 4.78 is 2.59. The van der Waals surface area contributed by atoms with Crippen molar-refractivity contribution in [3.63, 3.8) is 0 Å². The average molecular weight is 330 g/mol. The molecule has 0 bridgehead atoms. The third kappa shape index (κ3) is 1.93. The van der Waals surface area contributed by atoms with Crippen molar-refractivity contribution in [3.05, 3.63) is 66.4 Å². The maximum atomic E-state index is 2.59. The number of aromatic nitrogens is 1. The molecule has 1 heteroatoms. The summed E-state index contributed by atoms with van der Waals surface area (Å²) in [6, 6.07) is 20.2. The molecule has 0 radical (unpaired) electrons. The summed E-state index contributed by atoms with van der Waals surface area (Å²) in [4.78, 5) is 0. The lowest BCUT2D eigenvalue weighted by Gasteiger charge is -2.48. The third-order valence-electron chi connectivity index (χ3n) is 7.02. The van der Waals surface area contributed by atoms with E-state index >= 15 is 0 Å². The summed E-state index contributed by atoms with van der Waals surface area (Å²) >= 11 is 0. The Morgan fingerprint density at radius 3 is 2.20 bits per heavy atom. The van der Waals surface area contributed by atoms with E-state index in [9.17, 15) is 0 Å². The van der Waals surface area contributed by atoms with Crippen molar-refractivity contribution < 1.29 is 4.57 Å². The molecule has 0 saturated carbocycles. The number of pyridine rings is 1. The summed E-state index contributed by atoms with van der Waals surface area (Å²) in [7, 11) is 0. The first-order valence-electron chi connectivity index (χ1n) is 9.66. The van der Waals surface area contributed by atoms with Gasteiger partial charge < -0.3 is 0 Å². The lowest BCUT2D eigenvalue weighted by atomic mass is 9.58. The van der Waals surface area contributed by atoms with Crippen LogP contribution in [0.4, 0.5) is 0 Å². The van der Waals surface area contributed by atoms with E-state index in [1.807, 2.05) is 0 Å². The molecule has 2 heterocycles. The Morgan fingerprint density at radius 2 is 1.48 bits per heavy atom. The number of benzene rings is 2. The highest BCUT2D eigenvalue weighted by atomic mass is 15.1. The summed E-state index contributed by atoms with van der Waals surface area (Å²) in [6.45, 7) is 9.54. The predicted molar refractivity (Wildman–Crippen MR) is 106 cm³/mol. The molecule has 0 fully saturated rings. The van der Waals surface area contributed by atoms with E-state index in [4.69, 9.17) is 0 Å². The van der Waals surface area contributed by atoms with Crippen LogP contribution in [-0.4, -0.2) is 0 Å². The van der Waals surface area contributed by atoms with E-state index < -0.39 is 0 Å². The standard InChI is InChI=1S/C24H28N/c1-5-23(4)24(6-2,7-3)21-15-11-10-14-20(21)22-19-13-9-8-12-18(19)16-17-25(22)23/h8-17H,5-7H2,1-4H3/q+1. The first-order chi connectivity index (χ1) is 12.1. The van der Waals surface area contributed by atoms with E-state index in [0.717, 1.165) is 19.3 Å². The average Bonchev–Trinajstić information content (AvgIpc) is 2.68. The fraction of sp³-hybridized carbons (Fsp3) is 0.375. The molecule has 2 aromatic carbocycles. The van der Waals surface area contributed by atoms with Crippen LogP contribution in [0.25, 0.3) is 22.0 Å². The van der Waals surface area contributed by atoms with Gasteiger partial charge in [-0.15, -0.1) is 0 Å². The Balaban J connectivity index is 2.21. The molecular formula is C24H28N+. The summed E-state index contributed by atoms with van der Waals surface area (Å²) in [6.07, 6.45) is 5.77. The molecule has 0 saturated heterocycles. The Kier molecular flexibility index (Phi) is 3.72. The van der Waals surface area contributed by atoms with Gasteiger partial charge in [-0.1, -0.05) is 57.2 Å². The van der Waals surface area contributed by atoms with Crippen LogP contribution in [0.2, 0.25) is 0 Å². The SMILES string of the molecule is CCC1(CC)c2ccccc2-c2c3ccccc3cc[n+]2C1(C)CC. The van der Waals surface area contributed by atoms with Crippen LogP contribution in [0.3, 0.4) is 0 Å². The lowest BCUT2D eigenvalue weighted by molar-refractivity contribution is -0.765. The quantitative estimate of drug-likeness (QED) is 0.519. The highest BCUT2D eigenvalue weighted by Crippen LogP contribution is 2.52. The molecule has 0 N–H and O–H groups in total. The van der Waals surface area contributed by atoms with E-state index in [1.54, 1.807) is 0 Å². The van der Waals surface area contributed by atoms with Crippen LogP contribution < -0.4 is 4.57 Å². The number of nitrogens with zero attached hydrogens (tertiary/aromatic N) is 1. The van der Waals surface area contributed by atoms with Crippen molar-refractivity contribution in [2.45, 2.75) is 57.9 Å². The van der Waals surface area contributed by atoms with Gasteiger partial charge in [-0.3, -0.25) is 0 Å². The largest absolute Gasteiger partial charge is 0.221 e. The van der Waals surface area contributed by atoms with E-state index in [1.165, 1.54) is 27.6 Å². The van der Waals surface area contributed by atoms with Crippen molar-refractivity contribution in [1.82, 2.24) is 0 Å². The first-order valence-corrected chi connectivity index (χ1v) is 9.66. The van der Waals surface area contributed by atoms with Gasteiger partial charge in [0.2, 0.25) is 5.69 Å². The zero-order chi connectivity index (χ0) is 17.7. The lowest BCUT2D eigenvalue weighted by Crippen LogP contribution is -2.68. The molecule has 1 atom stereocenters. The van der Waals surface area contributed by atoms with Crippen LogP contribution >= 0.6 is 0 Å². The topological polar surface area (TPSA) is 3.88 Å². The smallest absolute Gasteiger partial charge is 0.192 e. The van der Waals surface area contributed by atoms with Crippen LogP contribution in [-0.2, 0) is 11.0 Å². The third-order valence-corrected chi connectivity index (χ3v) is 7.02. The first kappa shape index (κ1) is 16.3. The fourth-order valence-electron chi connectivity index (χ4n) is 5.43. The second-order valence-electron chi connectivity index (χ2n) is 7.58. The number of fused-ring (bicyclic) bond motifs is 5. The van der Waals surface area contributed by atoms with Crippen molar-refractivity contribution >= 4 is 10.8 Å². The number of rotatable bonds is 3. The molecular weight excluding hydrogens is 302 g/mol. The Hall–Kier alpha value is -2.15. The Labute approximate surface area is 151 Å². The molecule has 1 nitrogen and oxygen atoms in total. The van der Waals surface area contributed by atoms with Gasteiger partial charge in [0.15, 0.2) is 11.7 Å². The normalized spacial score (nSPS) is 21.0. The van der Waals surface area contributed by atoms with Crippen LogP contribution in [0.5, 0.6) is 0 Å². The van der Waals surface area contributed by atoms with Gasteiger partial charge in [-0.2, -0.15) is 4.57 Å². The minimum Gasteiger partial charge on any atom is -0.192 e. The van der Waals surface area contributed by atoms with Gasteiger partial charge in [0.25, 0.3) is 0 Å². The van der Waals surface area contributed by atoms with Crippen molar-refractivity contribution in [3.8, 4) is 11.3 Å². The van der Waals surface area contributed by atoms with Crippen LogP contribution in [0.1, 0.15) is 52.5 Å². The minimum atomic E-state index is 0.0736. The van der Waals surface area contributed by atoms with Gasteiger partial charge in [0, 0.05) is 19.4 Å². The fourth-order valence-corrected chi connectivity index (χ4v) is 5.43. The minimum absolute atomic E-state index is 0.0736. The predicted octanol–water partition coefficient (Wildman–Crippen LogP) is 5.99. The van der Waals surface area contributed by atoms with E-state index in [-0.39, 0.29) is 11.0 Å². The highest BCUT2D eigenvalue weighted by Gasteiger charge is 2.58. The maximum Gasteiger partial charge on any atom is 0.221 e. The van der Waals surface area contributed by atoms with E-state index in [0.29, 0.717) is 0 Å². The van der Waals surface area contributed by atoms with Gasteiger partial charge >= 0.3 is 0 Å². The zero-order valence-electron chi connectivity index (χ0n) is 15.8. The molecule has 3 aromatic rings. The summed E-state index contributed by atoms with van der Waals surface area (Å²) in [5.74, 6) is 0. The van der Waals surface area contributed by atoms with Crippen molar-refractivity contribution in [2.24, 2.45) is 0 Å². The Bertz CT molecular complexity index is 936. The molecule has 0 aliphatic carbocycles. The molecule has 128 valence electrons. The molecule has 1 aliphatic heterocycles. The molecule has 1 aromatic heterocycles. The monoisotopic (exact) mass is 330 g/mol. The van der Waals surface area contributed by atoms with Crippen molar-refractivity contribution in [2.75, 3.05) is 0 Å². The molecule has 1 unspecified atom stereocenters. The van der Waals surface area contributed by atoms with Gasteiger partial charge in [-0.25, -0.2) is 0 Å². The van der Waals surface area contributed by atoms with Gasteiger partial charge in [0.05, 0.1) is 16.4 Å². The number of hydrogen-bond donors (Lipinski definition) is 0. The molecule has 0 spiro atoms. The second kappa shape index (κ2) is 5.69. The van der Waals surface area contributed by atoms with E-state index in [2.05, 4.69) is 93.1 Å². The van der Waals surface area contributed by atoms with Crippen molar-refractivity contribution in [1.29, 1.82) is 0 Å². The van der Waals surface area contributed by atoms with Crippen LogP contribution in [0.15, 0.2) is 60.8 Å². The number of hydrogen-bond acceptors (Lipinski definition) is 0. The van der Waals surface area contributed by atoms with Gasteiger partial charge in [0.1, 0.15) is 0 Å². The van der Waals surface area contributed by atoms with Gasteiger partial charge in [-0.05, 0) is 35.9 Å².